The normalized spacial score (nSPS) is 11.5. The molecule has 3 rings (SSSR count). The molecule has 0 aromatic heterocycles. The third-order valence-electron chi connectivity index (χ3n) is 4.70. The molecule has 0 saturated heterocycles. The number of amides is 1. The number of hydrogen-bond acceptors (Lipinski definition) is 3. The van der Waals surface area contributed by atoms with Gasteiger partial charge in [-0.05, 0) is 38.1 Å². The predicted molar refractivity (Wildman–Crippen MR) is 119 cm³/mol. The molecule has 0 aliphatic heterocycles. The Bertz CT molecular complexity index is 927. The predicted octanol–water partition coefficient (Wildman–Crippen LogP) is 3.72. The van der Waals surface area contributed by atoms with Gasteiger partial charge in [0, 0.05) is 5.56 Å². The minimum Gasteiger partial charge on any atom is -0.492 e. The first kappa shape index (κ1) is 21.4. The van der Waals surface area contributed by atoms with E-state index in [0.717, 1.165) is 11.3 Å². The van der Waals surface area contributed by atoms with Gasteiger partial charge < -0.3 is 20.1 Å². The van der Waals surface area contributed by atoms with Crippen LogP contribution in [0.15, 0.2) is 78.9 Å². The van der Waals surface area contributed by atoms with Gasteiger partial charge in [-0.25, -0.2) is 0 Å². The van der Waals surface area contributed by atoms with Crippen LogP contribution in [0.2, 0.25) is 0 Å². The van der Waals surface area contributed by atoms with Crippen LogP contribution < -0.4 is 20.1 Å². The Morgan fingerprint density at radius 2 is 1.63 bits per heavy atom. The lowest BCUT2D eigenvalue weighted by molar-refractivity contribution is -0.682. The van der Waals surface area contributed by atoms with Gasteiger partial charge in [-0.2, -0.15) is 0 Å². The number of aryl methyl sites for hydroxylation is 1. The van der Waals surface area contributed by atoms with E-state index in [-0.39, 0.29) is 11.9 Å². The summed E-state index contributed by atoms with van der Waals surface area (Å²) in [6.45, 7) is 5.66. The highest BCUT2D eigenvalue weighted by Crippen LogP contribution is 2.24. The zero-order valence-electron chi connectivity index (χ0n) is 17.5. The van der Waals surface area contributed by atoms with Gasteiger partial charge in [0.05, 0.1) is 12.3 Å². The standard InChI is InChI=1S/C25H28N2O3/c1-3-29-23-12-8-7-11-22(23)27-25(28)24(20-9-5-4-6-10-20)26-17-18-30-21-15-13-19(2)14-16-21/h4-16,24,26H,3,17-18H2,1-2H3,(H,27,28)/p+1/t24-/m0/s1. The molecule has 0 fully saturated rings. The average Bonchev–Trinajstić information content (AvgIpc) is 2.77. The Hall–Kier alpha value is -3.31. The molecule has 0 aliphatic rings. The second kappa shape index (κ2) is 11.0. The fourth-order valence-corrected chi connectivity index (χ4v) is 3.16. The van der Waals surface area contributed by atoms with Crippen molar-refractivity contribution in [3.63, 3.8) is 0 Å². The summed E-state index contributed by atoms with van der Waals surface area (Å²) in [4.78, 5) is 13.1. The van der Waals surface area contributed by atoms with Crippen molar-refractivity contribution in [3.8, 4) is 11.5 Å². The lowest BCUT2D eigenvalue weighted by atomic mass is 10.1. The molecule has 0 heterocycles. The molecule has 0 aliphatic carbocycles. The zero-order chi connectivity index (χ0) is 21.2. The van der Waals surface area contributed by atoms with Gasteiger partial charge in [-0.1, -0.05) is 60.2 Å². The molecule has 30 heavy (non-hydrogen) atoms. The SMILES string of the molecule is CCOc1ccccc1NC(=O)[C@@H]([NH2+]CCOc1ccc(C)cc1)c1ccccc1. The van der Waals surface area contributed by atoms with Crippen LogP contribution in [-0.4, -0.2) is 25.7 Å². The minimum atomic E-state index is -0.387. The minimum absolute atomic E-state index is 0.0938. The summed E-state index contributed by atoms with van der Waals surface area (Å²) in [5.41, 5.74) is 2.82. The van der Waals surface area contributed by atoms with E-state index in [2.05, 4.69) is 5.32 Å². The molecule has 3 aromatic rings. The largest absolute Gasteiger partial charge is 0.492 e. The van der Waals surface area contributed by atoms with Crippen LogP contribution in [0.4, 0.5) is 5.69 Å². The van der Waals surface area contributed by atoms with Crippen LogP contribution in [0.25, 0.3) is 0 Å². The Labute approximate surface area is 178 Å². The van der Waals surface area contributed by atoms with Crippen LogP contribution in [-0.2, 0) is 4.79 Å². The number of carbonyl (C=O) groups is 1. The van der Waals surface area contributed by atoms with E-state index in [1.165, 1.54) is 5.56 Å². The summed E-state index contributed by atoms with van der Waals surface area (Å²) < 4.78 is 11.4. The highest BCUT2D eigenvalue weighted by molar-refractivity contribution is 5.95. The first-order valence-electron chi connectivity index (χ1n) is 10.3. The molecule has 0 unspecified atom stereocenters. The Balaban J connectivity index is 1.65. The molecule has 5 heteroatoms. The van der Waals surface area contributed by atoms with Crippen LogP contribution in [0, 0.1) is 6.92 Å². The van der Waals surface area contributed by atoms with Gasteiger partial charge in [0.1, 0.15) is 24.7 Å². The quantitative estimate of drug-likeness (QED) is 0.506. The van der Waals surface area contributed by atoms with Crippen molar-refractivity contribution >= 4 is 11.6 Å². The highest BCUT2D eigenvalue weighted by atomic mass is 16.5. The zero-order valence-corrected chi connectivity index (χ0v) is 17.5. The van der Waals surface area contributed by atoms with Crippen molar-refractivity contribution in [2.75, 3.05) is 25.1 Å². The van der Waals surface area contributed by atoms with Crippen molar-refractivity contribution in [2.45, 2.75) is 19.9 Å². The van der Waals surface area contributed by atoms with Gasteiger partial charge >= 0.3 is 0 Å². The number of nitrogens with one attached hydrogen (secondary N) is 1. The maximum absolute atomic E-state index is 13.1. The lowest BCUT2D eigenvalue weighted by Crippen LogP contribution is -2.88. The average molecular weight is 406 g/mol. The van der Waals surface area contributed by atoms with Crippen LogP contribution in [0.1, 0.15) is 24.1 Å². The molecule has 0 spiro atoms. The molecule has 3 aromatic carbocycles. The van der Waals surface area contributed by atoms with Gasteiger partial charge in [-0.15, -0.1) is 0 Å². The number of hydrogen-bond donors (Lipinski definition) is 2. The number of ether oxygens (including phenoxy) is 2. The van der Waals surface area contributed by atoms with E-state index in [0.29, 0.717) is 31.2 Å². The van der Waals surface area contributed by atoms with Crippen LogP contribution in [0.5, 0.6) is 11.5 Å². The number of rotatable bonds is 10. The Kier molecular flexibility index (Phi) is 7.86. The molecule has 1 atom stereocenters. The van der Waals surface area contributed by atoms with E-state index in [1.807, 2.05) is 98.0 Å². The molecular weight excluding hydrogens is 376 g/mol. The fraction of sp³-hybridized carbons (Fsp3) is 0.240. The number of nitrogens with two attached hydrogens (primary N) is 1. The third kappa shape index (κ3) is 6.09. The van der Waals surface area contributed by atoms with Crippen molar-refractivity contribution < 1.29 is 19.6 Å². The Morgan fingerprint density at radius 3 is 2.37 bits per heavy atom. The van der Waals surface area contributed by atoms with E-state index in [1.54, 1.807) is 0 Å². The van der Waals surface area contributed by atoms with Crippen molar-refractivity contribution in [1.29, 1.82) is 0 Å². The molecule has 3 N–H and O–H groups in total. The summed E-state index contributed by atoms with van der Waals surface area (Å²) in [7, 11) is 0. The summed E-state index contributed by atoms with van der Waals surface area (Å²) in [5.74, 6) is 1.41. The molecular formula is C25H29N2O3+. The monoisotopic (exact) mass is 405 g/mol. The van der Waals surface area contributed by atoms with Crippen molar-refractivity contribution in [2.24, 2.45) is 0 Å². The second-order valence-electron chi connectivity index (χ2n) is 6.99. The molecule has 0 saturated carbocycles. The van der Waals surface area contributed by atoms with E-state index >= 15 is 0 Å². The third-order valence-corrected chi connectivity index (χ3v) is 4.70. The lowest BCUT2D eigenvalue weighted by Gasteiger charge is -2.17. The Morgan fingerprint density at radius 1 is 0.933 bits per heavy atom. The molecule has 5 nitrogen and oxygen atoms in total. The van der Waals surface area contributed by atoms with E-state index in [4.69, 9.17) is 9.47 Å². The molecule has 0 bridgehead atoms. The van der Waals surface area contributed by atoms with Crippen LogP contribution >= 0.6 is 0 Å². The number of quaternary nitrogens is 1. The van der Waals surface area contributed by atoms with Gasteiger partial charge in [0.15, 0.2) is 6.04 Å². The summed E-state index contributed by atoms with van der Waals surface area (Å²) >= 11 is 0. The smallest absolute Gasteiger partial charge is 0.287 e. The molecule has 156 valence electrons. The maximum atomic E-state index is 13.1. The van der Waals surface area contributed by atoms with Crippen molar-refractivity contribution in [1.82, 2.24) is 0 Å². The number of benzene rings is 3. The fourth-order valence-electron chi connectivity index (χ4n) is 3.16. The van der Waals surface area contributed by atoms with Crippen molar-refractivity contribution in [3.05, 3.63) is 90.0 Å². The highest BCUT2D eigenvalue weighted by Gasteiger charge is 2.24. The van der Waals surface area contributed by atoms with Crippen LogP contribution in [0.3, 0.4) is 0 Å². The molecule has 0 radical (unpaired) electrons. The van der Waals surface area contributed by atoms with Gasteiger partial charge in [0.2, 0.25) is 0 Å². The number of carbonyl (C=O) groups excluding carboxylic acids is 1. The van der Waals surface area contributed by atoms with Gasteiger partial charge in [-0.3, -0.25) is 4.79 Å². The summed E-state index contributed by atoms with van der Waals surface area (Å²) in [6, 6.07) is 24.8. The van der Waals surface area contributed by atoms with E-state index in [9.17, 15) is 4.79 Å². The topological polar surface area (TPSA) is 64.2 Å². The number of anilines is 1. The van der Waals surface area contributed by atoms with Gasteiger partial charge in [0.25, 0.3) is 5.91 Å². The first-order valence-corrected chi connectivity index (χ1v) is 10.3. The summed E-state index contributed by atoms with van der Waals surface area (Å²) in [5, 5.41) is 5.02. The summed E-state index contributed by atoms with van der Waals surface area (Å²) in [6.07, 6.45) is 0. The number of para-hydroxylation sites is 2. The molecule has 1 amide bonds. The second-order valence-corrected chi connectivity index (χ2v) is 6.99. The van der Waals surface area contributed by atoms with E-state index < -0.39 is 0 Å². The maximum Gasteiger partial charge on any atom is 0.287 e. The first-order chi connectivity index (χ1) is 14.7.